The summed E-state index contributed by atoms with van der Waals surface area (Å²) in [5.74, 6) is 0.504. The number of thiophene rings is 1. The smallest absolute Gasteiger partial charge is 0.0954 e. The van der Waals surface area contributed by atoms with Crippen molar-refractivity contribution in [3.63, 3.8) is 0 Å². The van der Waals surface area contributed by atoms with E-state index < -0.39 is 6.10 Å². The number of fused-ring (bicyclic) bond motifs is 1. The lowest BCUT2D eigenvalue weighted by Gasteiger charge is -2.20. The van der Waals surface area contributed by atoms with Gasteiger partial charge in [-0.2, -0.15) is 0 Å². The molecule has 92 valence electrons. The molecule has 2 rings (SSSR count). The third-order valence-electron chi connectivity index (χ3n) is 2.98. The van der Waals surface area contributed by atoms with E-state index in [2.05, 4.69) is 19.9 Å². The van der Waals surface area contributed by atoms with Crippen LogP contribution in [0.15, 0.2) is 29.6 Å². The second-order valence-electron chi connectivity index (χ2n) is 4.93. The Kier molecular flexibility index (Phi) is 3.82. The van der Waals surface area contributed by atoms with Gasteiger partial charge in [-0.15, -0.1) is 11.3 Å². The van der Waals surface area contributed by atoms with Gasteiger partial charge in [0.15, 0.2) is 0 Å². The fourth-order valence-electron chi connectivity index (χ4n) is 2.13. The largest absolute Gasteiger partial charge is 0.387 e. The van der Waals surface area contributed by atoms with Crippen LogP contribution in [-0.2, 0) is 0 Å². The molecule has 1 aromatic carbocycles. The van der Waals surface area contributed by atoms with E-state index in [1.807, 2.05) is 23.6 Å². The lowest BCUT2D eigenvalue weighted by Crippen LogP contribution is -2.29. The second-order valence-corrected chi connectivity index (χ2v) is 5.84. The molecule has 0 spiro atoms. The molecule has 2 nitrogen and oxygen atoms in total. The van der Waals surface area contributed by atoms with Gasteiger partial charge in [-0.05, 0) is 29.2 Å². The molecule has 0 radical (unpaired) electrons. The first kappa shape index (κ1) is 12.6. The first-order chi connectivity index (χ1) is 8.09. The number of benzene rings is 1. The molecule has 2 atom stereocenters. The zero-order chi connectivity index (χ0) is 12.4. The maximum absolute atomic E-state index is 10.3. The number of rotatable bonds is 4. The van der Waals surface area contributed by atoms with Gasteiger partial charge in [-0.3, -0.25) is 0 Å². The zero-order valence-electron chi connectivity index (χ0n) is 10.3. The minimum Gasteiger partial charge on any atom is -0.387 e. The van der Waals surface area contributed by atoms with Crippen molar-refractivity contribution in [3.8, 4) is 0 Å². The summed E-state index contributed by atoms with van der Waals surface area (Å²) in [6.07, 6.45) is 0.277. The Morgan fingerprint density at radius 2 is 2.00 bits per heavy atom. The second kappa shape index (κ2) is 5.17. The highest BCUT2D eigenvalue weighted by atomic mass is 32.1. The number of nitrogens with two attached hydrogens (primary N) is 1. The fourth-order valence-corrected chi connectivity index (χ4v) is 3.12. The molecule has 2 unspecified atom stereocenters. The molecule has 0 amide bonds. The van der Waals surface area contributed by atoms with Crippen LogP contribution in [-0.4, -0.2) is 11.1 Å². The predicted octanol–water partition coefficient (Wildman–Crippen LogP) is 3.31. The maximum Gasteiger partial charge on any atom is 0.0954 e. The van der Waals surface area contributed by atoms with Crippen LogP contribution in [0.25, 0.3) is 10.1 Å². The molecule has 0 saturated heterocycles. The molecule has 3 N–H and O–H groups in total. The van der Waals surface area contributed by atoms with Gasteiger partial charge in [0, 0.05) is 16.3 Å². The van der Waals surface area contributed by atoms with E-state index in [-0.39, 0.29) is 6.04 Å². The molecular weight excluding hydrogens is 230 g/mol. The predicted molar refractivity (Wildman–Crippen MR) is 74.2 cm³/mol. The van der Waals surface area contributed by atoms with Crippen molar-refractivity contribution in [1.29, 1.82) is 0 Å². The minimum absolute atomic E-state index is 0.187. The van der Waals surface area contributed by atoms with Crippen molar-refractivity contribution in [3.05, 3.63) is 35.2 Å². The van der Waals surface area contributed by atoms with Crippen LogP contribution in [0.2, 0.25) is 0 Å². The molecule has 0 aliphatic rings. The van der Waals surface area contributed by atoms with Gasteiger partial charge in [-0.25, -0.2) is 0 Å². The average Bonchev–Trinajstić information content (AvgIpc) is 2.70. The Bertz CT molecular complexity index is 492. The molecule has 0 bridgehead atoms. The first-order valence-electron chi connectivity index (χ1n) is 5.99. The third kappa shape index (κ3) is 2.68. The summed E-state index contributed by atoms with van der Waals surface area (Å²) in [5.41, 5.74) is 7.03. The van der Waals surface area contributed by atoms with Crippen LogP contribution < -0.4 is 5.73 Å². The SMILES string of the molecule is CC(C)CC(N)C(O)c1csc2ccccc12. The summed E-state index contributed by atoms with van der Waals surface area (Å²) in [7, 11) is 0. The topological polar surface area (TPSA) is 46.2 Å². The van der Waals surface area contributed by atoms with Crippen molar-refractivity contribution in [2.75, 3.05) is 0 Å². The van der Waals surface area contributed by atoms with Crippen LogP contribution in [0.1, 0.15) is 31.9 Å². The monoisotopic (exact) mass is 249 g/mol. The molecule has 0 aliphatic carbocycles. The van der Waals surface area contributed by atoms with Crippen molar-refractivity contribution in [2.24, 2.45) is 11.7 Å². The number of aliphatic hydroxyl groups excluding tert-OH is 1. The lowest BCUT2D eigenvalue weighted by molar-refractivity contribution is 0.137. The van der Waals surface area contributed by atoms with Crippen LogP contribution in [0.5, 0.6) is 0 Å². The Labute approximate surface area is 106 Å². The minimum atomic E-state index is -0.562. The van der Waals surface area contributed by atoms with E-state index in [9.17, 15) is 5.11 Å². The fraction of sp³-hybridized carbons (Fsp3) is 0.429. The highest BCUT2D eigenvalue weighted by molar-refractivity contribution is 7.17. The Balaban J connectivity index is 2.27. The van der Waals surface area contributed by atoms with Crippen molar-refractivity contribution in [2.45, 2.75) is 32.4 Å². The number of hydrogen-bond acceptors (Lipinski definition) is 3. The van der Waals surface area contributed by atoms with Gasteiger partial charge in [0.25, 0.3) is 0 Å². The molecule has 0 aliphatic heterocycles. The number of hydrogen-bond donors (Lipinski definition) is 2. The van der Waals surface area contributed by atoms with Gasteiger partial charge in [0.05, 0.1) is 6.10 Å². The van der Waals surface area contributed by atoms with Crippen LogP contribution in [0.4, 0.5) is 0 Å². The van der Waals surface area contributed by atoms with Crippen LogP contribution in [0, 0.1) is 5.92 Å². The molecule has 1 heterocycles. The first-order valence-corrected chi connectivity index (χ1v) is 6.87. The third-order valence-corrected chi connectivity index (χ3v) is 3.96. The van der Waals surface area contributed by atoms with Crippen LogP contribution in [0.3, 0.4) is 0 Å². The summed E-state index contributed by atoms with van der Waals surface area (Å²) >= 11 is 1.66. The quantitative estimate of drug-likeness (QED) is 0.873. The molecule has 1 aromatic heterocycles. The van der Waals surface area contributed by atoms with E-state index >= 15 is 0 Å². The van der Waals surface area contributed by atoms with Gasteiger partial charge in [0.1, 0.15) is 0 Å². The van der Waals surface area contributed by atoms with E-state index in [1.54, 1.807) is 11.3 Å². The standard InChI is InChI=1S/C14H19NOS/c1-9(2)7-12(15)14(16)11-8-17-13-6-4-3-5-10(11)13/h3-6,8-9,12,14,16H,7,15H2,1-2H3. The van der Waals surface area contributed by atoms with E-state index in [1.165, 1.54) is 4.70 Å². The van der Waals surface area contributed by atoms with E-state index in [4.69, 9.17) is 5.73 Å². The van der Waals surface area contributed by atoms with E-state index in [0.717, 1.165) is 17.4 Å². The molecule has 2 aromatic rings. The Hall–Kier alpha value is -0.900. The lowest BCUT2D eigenvalue weighted by atomic mass is 9.95. The average molecular weight is 249 g/mol. The van der Waals surface area contributed by atoms with Crippen molar-refractivity contribution < 1.29 is 5.11 Å². The number of aliphatic hydroxyl groups is 1. The van der Waals surface area contributed by atoms with Gasteiger partial charge >= 0.3 is 0 Å². The van der Waals surface area contributed by atoms with E-state index in [0.29, 0.717) is 5.92 Å². The van der Waals surface area contributed by atoms with Crippen molar-refractivity contribution >= 4 is 21.4 Å². The highest BCUT2D eigenvalue weighted by Gasteiger charge is 2.20. The molecule has 0 saturated carbocycles. The van der Waals surface area contributed by atoms with Crippen LogP contribution >= 0.6 is 11.3 Å². The Morgan fingerprint density at radius 3 is 2.71 bits per heavy atom. The van der Waals surface area contributed by atoms with Gasteiger partial charge < -0.3 is 10.8 Å². The summed E-state index contributed by atoms with van der Waals surface area (Å²) in [4.78, 5) is 0. The molecule has 3 heteroatoms. The molecular formula is C14H19NOS. The van der Waals surface area contributed by atoms with Gasteiger partial charge in [-0.1, -0.05) is 32.0 Å². The van der Waals surface area contributed by atoms with Crippen molar-refractivity contribution in [1.82, 2.24) is 0 Å². The summed E-state index contributed by atoms with van der Waals surface area (Å²) in [6.45, 7) is 4.25. The maximum atomic E-state index is 10.3. The van der Waals surface area contributed by atoms with Gasteiger partial charge in [0.2, 0.25) is 0 Å². The zero-order valence-corrected chi connectivity index (χ0v) is 11.1. The Morgan fingerprint density at radius 1 is 1.29 bits per heavy atom. The summed E-state index contributed by atoms with van der Waals surface area (Å²) in [5, 5.41) is 13.5. The molecule has 0 fully saturated rings. The summed E-state index contributed by atoms with van der Waals surface area (Å²) in [6, 6.07) is 7.95. The normalized spacial score (nSPS) is 15.4. The summed E-state index contributed by atoms with van der Waals surface area (Å²) < 4.78 is 1.21. The highest BCUT2D eigenvalue weighted by Crippen LogP contribution is 2.32. The molecule has 17 heavy (non-hydrogen) atoms.